The third-order valence-corrected chi connectivity index (χ3v) is 4.53. The molecule has 2 fully saturated rings. The van der Waals surface area contributed by atoms with Gasteiger partial charge in [0, 0.05) is 30.8 Å². The zero-order valence-corrected chi connectivity index (χ0v) is 13.1. The van der Waals surface area contributed by atoms with Crippen molar-refractivity contribution in [1.82, 2.24) is 5.32 Å². The number of carbonyl (C=O) groups excluding carboxylic acids is 1. The number of hydrogen-bond donors (Lipinski definition) is 2. The van der Waals surface area contributed by atoms with E-state index in [2.05, 4.69) is 5.32 Å². The van der Waals surface area contributed by atoms with Gasteiger partial charge in [-0.1, -0.05) is 0 Å². The number of carbonyl (C=O) groups is 2. The van der Waals surface area contributed by atoms with Crippen molar-refractivity contribution in [2.75, 3.05) is 18.0 Å². The van der Waals surface area contributed by atoms with Gasteiger partial charge in [0.05, 0.1) is 10.8 Å². The molecule has 0 aromatic heterocycles. The molecule has 8 heteroatoms. The number of nitrogens with zero attached hydrogens (tertiary/aromatic N) is 2. The SMILES string of the molecule is O=C(NC1CC1)c1ccc(N2CCC(C(=O)O)CC2)c([N+](=O)[O-])c1. The Kier molecular flexibility index (Phi) is 4.37. The summed E-state index contributed by atoms with van der Waals surface area (Å²) < 4.78 is 0. The van der Waals surface area contributed by atoms with Gasteiger partial charge < -0.3 is 15.3 Å². The molecule has 1 aromatic rings. The Hall–Kier alpha value is -2.64. The maximum absolute atomic E-state index is 12.1. The third-order valence-electron chi connectivity index (χ3n) is 4.53. The van der Waals surface area contributed by atoms with Crippen LogP contribution in [0.15, 0.2) is 18.2 Å². The van der Waals surface area contributed by atoms with Gasteiger partial charge in [0.1, 0.15) is 5.69 Å². The summed E-state index contributed by atoms with van der Waals surface area (Å²) in [5.74, 6) is -1.52. The Labute approximate surface area is 138 Å². The molecule has 0 radical (unpaired) electrons. The van der Waals surface area contributed by atoms with Crippen molar-refractivity contribution in [3.63, 3.8) is 0 Å². The molecule has 0 bridgehead atoms. The number of piperidine rings is 1. The summed E-state index contributed by atoms with van der Waals surface area (Å²) in [6.07, 6.45) is 2.81. The van der Waals surface area contributed by atoms with Crippen LogP contribution in [0.5, 0.6) is 0 Å². The number of amides is 1. The van der Waals surface area contributed by atoms with E-state index < -0.39 is 16.8 Å². The average molecular weight is 333 g/mol. The first-order chi connectivity index (χ1) is 11.5. The number of anilines is 1. The van der Waals surface area contributed by atoms with Crippen LogP contribution in [0.4, 0.5) is 11.4 Å². The predicted molar refractivity (Wildman–Crippen MR) is 86.2 cm³/mol. The highest BCUT2D eigenvalue weighted by atomic mass is 16.6. The number of nitrogens with one attached hydrogen (secondary N) is 1. The van der Waals surface area contributed by atoms with Gasteiger partial charge in [-0.05, 0) is 37.8 Å². The lowest BCUT2D eigenvalue weighted by molar-refractivity contribution is -0.384. The first-order valence-electron chi connectivity index (χ1n) is 8.03. The fourth-order valence-corrected chi connectivity index (χ4v) is 2.94. The van der Waals surface area contributed by atoms with E-state index in [1.165, 1.54) is 6.07 Å². The van der Waals surface area contributed by atoms with E-state index in [0.717, 1.165) is 12.8 Å². The number of carboxylic acids is 1. The standard InChI is InChI=1S/C16H19N3O5/c20-15(17-12-2-3-12)11-1-4-13(14(9-11)19(23)24)18-7-5-10(6-8-18)16(21)22/h1,4,9-10,12H,2-3,5-8H2,(H,17,20)(H,21,22). The normalized spacial score (nSPS) is 18.2. The number of benzene rings is 1. The molecule has 1 amide bonds. The summed E-state index contributed by atoms with van der Waals surface area (Å²) in [6.45, 7) is 0.900. The molecule has 1 aromatic carbocycles. The summed E-state index contributed by atoms with van der Waals surface area (Å²) in [5.41, 5.74) is 0.594. The van der Waals surface area contributed by atoms with Gasteiger partial charge in [-0.3, -0.25) is 19.7 Å². The number of aliphatic carboxylic acids is 1. The minimum absolute atomic E-state index is 0.118. The van der Waals surface area contributed by atoms with E-state index in [1.54, 1.807) is 12.1 Å². The van der Waals surface area contributed by atoms with Gasteiger partial charge >= 0.3 is 5.97 Å². The minimum Gasteiger partial charge on any atom is -0.481 e. The molecule has 2 aliphatic rings. The largest absolute Gasteiger partial charge is 0.481 e. The van der Waals surface area contributed by atoms with Gasteiger partial charge in [-0.15, -0.1) is 0 Å². The van der Waals surface area contributed by atoms with Crippen LogP contribution in [-0.2, 0) is 4.79 Å². The molecule has 128 valence electrons. The highest BCUT2D eigenvalue weighted by Crippen LogP contribution is 2.32. The number of nitro benzene ring substituents is 1. The quantitative estimate of drug-likeness (QED) is 0.627. The lowest BCUT2D eigenvalue weighted by atomic mass is 9.96. The van der Waals surface area contributed by atoms with Crippen molar-refractivity contribution >= 4 is 23.3 Å². The molecule has 3 rings (SSSR count). The summed E-state index contributed by atoms with van der Waals surface area (Å²) in [6, 6.07) is 4.66. The highest BCUT2D eigenvalue weighted by Gasteiger charge is 2.29. The molecule has 0 unspecified atom stereocenters. The number of rotatable bonds is 5. The second kappa shape index (κ2) is 6.46. The fourth-order valence-electron chi connectivity index (χ4n) is 2.94. The summed E-state index contributed by atoms with van der Waals surface area (Å²) in [5, 5.41) is 23.3. The minimum atomic E-state index is -0.823. The Bertz CT molecular complexity index is 678. The summed E-state index contributed by atoms with van der Waals surface area (Å²) in [7, 11) is 0. The average Bonchev–Trinajstić information content (AvgIpc) is 3.38. The molecule has 2 N–H and O–H groups in total. The second-order valence-corrected chi connectivity index (χ2v) is 6.31. The van der Waals surface area contributed by atoms with Gasteiger partial charge in [-0.25, -0.2) is 0 Å². The van der Waals surface area contributed by atoms with Crippen molar-refractivity contribution in [3.05, 3.63) is 33.9 Å². The molecular weight excluding hydrogens is 314 g/mol. The third kappa shape index (κ3) is 3.47. The van der Waals surface area contributed by atoms with Crippen LogP contribution in [0.1, 0.15) is 36.0 Å². The maximum atomic E-state index is 12.1. The monoisotopic (exact) mass is 333 g/mol. The van der Waals surface area contributed by atoms with E-state index >= 15 is 0 Å². The van der Waals surface area contributed by atoms with E-state index in [-0.39, 0.29) is 23.2 Å². The van der Waals surface area contributed by atoms with Crippen molar-refractivity contribution in [1.29, 1.82) is 0 Å². The van der Waals surface area contributed by atoms with Crippen molar-refractivity contribution in [2.45, 2.75) is 31.7 Å². The zero-order valence-electron chi connectivity index (χ0n) is 13.1. The first kappa shape index (κ1) is 16.2. The Morgan fingerprint density at radius 2 is 1.88 bits per heavy atom. The zero-order chi connectivity index (χ0) is 17.3. The summed E-state index contributed by atoms with van der Waals surface area (Å²) >= 11 is 0. The Balaban J connectivity index is 1.78. The molecule has 1 heterocycles. The Morgan fingerprint density at radius 1 is 1.21 bits per heavy atom. The molecule has 0 atom stereocenters. The molecular formula is C16H19N3O5. The molecule has 0 spiro atoms. The molecule has 1 saturated carbocycles. The topological polar surface area (TPSA) is 113 Å². The van der Waals surface area contributed by atoms with Crippen LogP contribution in [0.3, 0.4) is 0 Å². The molecule has 1 aliphatic heterocycles. The summed E-state index contributed by atoms with van der Waals surface area (Å²) in [4.78, 5) is 35.8. The maximum Gasteiger partial charge on any atom is 0.306 e. The van der Waals surface area contributed by atoms with E-state index in [1.807, 2.05) is 4.90 Å². The molecule has 1 aliphatic carbocycles. The smallest absolute Gasteiger partial charge is 0.306 e. The fraction of sp³-hybridized carbons (Fsp3) is 0.500. The van der Waals surface area contributed by atoms with Crippen LogP contribution in [-0.4, -0.2) is 41.0 Å². The first-order valence-corrected chi connectivity index (χ1v) is 8.03. The lowest BCUT2D eigenvalue weighted by Crippen LogP contribution is -2.36. The van der Waals surface area contributed by atoms with E-state index in [0.29, 0.717) is 31.6 Å². The molecule has 1 saturated heterocycles. The van der Waals surface area contributed by atoms with Crippen molar-refractivity contribution < 1.29 is 19.6 Å². The molecule has 24 heavy (non-hydrogen) atoms. The lowest BCUT2D eigenvalue weighted by Gasteiger charge is -2.31. The van der Waals surface area contributed by atoms with Crippen molar-refractivity contribution in [3.8, 4) is 0 Å². The number of hydrogen-bond acceptors (Lipinski definition) is 5. The Morgan fingerprint density at radius 3 is 2.42 bits per heavy atom. The van der Waals surface area contributed by atoms with E-state index in [4.69, 9.17) is 5.11 Å². The number of nitro groups is 1. The number of carboxylic acid groups (broad SMARTS) is 1. The van der Waals surface area contributed by atoms with E-state index in [9.17, 15) is 19.7 Å². The van der Waals surface area contributed by atoms with Crippen molar-refractivity contribution in [2.24, 2.45) is 5.92 Å². The van der Waals surface area contributed by atoms with Gasteiger partial charge in [0.25, 0.3) is 11.6 Å². The van der Waals surface area contributed by atoms with Crippen LogP contribution in [0, 0.1) is 16.0 Å². The highest BCUT2D eigenvalue weighted by molar-refractivity contribution is 5.96. The van der Waals surface area contributed by atoms with Gasteiger partial charge in [0.2, 0.25) is 0 Å². The van der Waals surface area contributed by atoms with Crippen LogP contribution in [0.2, 0.25) is 0 Å². The van der Waals surface area contributed by atoms with Gasteiger partial charge in [-0.2, -0.15) is 0 Å². The predicted octanol–water partition coefficient (Wildman–Crippen LogP) is 1.79. The van der Waals surface area contributed by atoms with Gasteiger partial charge in [0.15, 0.2) is 0 Å². The van der Waals surface area contributed by atoms with Crippen LogP contribution < -0.4 is 10.2 Å². The molecule has 8 nitrogen and oxygen atoms in total. The van der Waals surface area contributed by atoms with Crippen LogP contribution in [0.25, 0.3) is 0 Å². The van der Waals surface area contributed by atoms with Crippen LogP contribution >= 0.6 is 0 Å². The second-order valence-electron chi connectivity index (χ2n) is 6.31.